The van der Waals surface area contributed by atoms with E-state index in [-0.39, 0.29) is 15.5 Å². The molecule has 10 heteroatoms. The first kappa shape index (κ1) is 18.0. The summed E-state index contributed by atoms with van der Waals surface area (Å²) in [5, 5.41) is 6.21. The number of carbonyl (C=O) groups excluding carboxylic acids is 2. The quantitative estimate of drug-likeness (QED) is 0.763. The number of aryl methyl sites for hydroxylation is 1. The van der Waals surface area contributed by atoms with E-state index in [4.69, 9.17) is 4.74 Å². The second kappa shape index (κ2) is 7.49. The van der Waals surface area contributed by atoms with Crippen LogP contribution in [0.2, 0.25) is 0 Å². The van der Waals surface area contributed by atoms with Crippen molar-refractivity contribution in [2.24, 2.45) is 0 Å². The molecule has 0 saturated heterocycles. The maximum Gasteiger partial charge on any atom is 0.352 e. The molecule has 2 aromatic rings. The van der Waals surface area contributed by atoms with Gasteiger partial charge < -0.3 is 10.1 Å². The SMILES string of the molecule is CCc1nnsc1C(=O)OCC(=O)Nc1ccccc1S(C)(=O)=O. The second-order valence-electron chi connectivity index (χ2n) is 4.79. The predicted octanol–water partition coefficient (Wildman–Crippen LogP) is 1.30. The summed E-state index contributed by atoms with van der Waals surface area (Å²) in [6, 6.07) is 5.98. The van der Waals surface area contributed by atoms with Gasteiger partial charge >= 0.3 is 5.97 Å². The molecule has 0 aliphatic carbocycles. The predicted molar refractivity (Wildman–Crippen MR) is 87.8 cm³/mol. The first-order valence-corrected chi connectivity index (χ1v) is 9.56. The highest BCUT2D eigenvalue weighted by Gasteiger charge is 2.19. The van der Waals surface area contributed by atoms with E-state index in [1.807, 2.05) is 6.92 Å². The van der Waals surface area contributed by atoms with Gasteiger partial charge in [0, 0.05) is 6.26 Å². The molecule has 8 nitrogen and oxygen atoms in total. The van der Waals surface area contributed by atoms with Gasteiger partial charge in [-0.1, -0.05) is 23.5 Å². The Bertz CT molecular complexity index is 861. The first-order valence-electron chi connectivity index (χ1n) is 6.90. The van der Waals surface area contributed by atoms with Crippen LogP contribution in [0.15, 0.2) is 29.2 Å². The lowest BCUT2D eigenvalue weighted by molar-refractivity contribution is -0.119. The maximum absolute atomic E-state index is 11.9. The number of nitrogens with zero attached hydrogens (tertiary/aromatic N) is 2. The van der Waals surface area contributed by atoms with Crippen molar-refractivity contribution in [3.8, 4) is 0 Å². The van der Waals surface area contributed by atoms with E-state index in [0.717, 1.165) is 17.8 Å². The molecule has 0 aliphatic rings. The zero-order chi connectivity index (χ0) is 17.7. The van der Waals surface area contributed by atoms with Gasteiger partial charge in [0.25, 0.3) is 5.91 Å². The molecular formula is C14H15N3O5S2. The van der Waals surface area contributed by atoms with Gasteiger partial charge in [-0.3, -0.25) is 4.79 Å². The largest absolute Gasteiger partial charge is 0.451 e. The van der Waals surface area contributed by atoms with Crippen molar-refractivity contribution in [2.75, 3.05) is 18.2 Å². The molecule has 0 spiro atoms. The highest BCUT2D eigenvalue weighted by molar-refractivity contribution is 7.90. The van der Waals surface area contributed by atoms with E-state index in [0.29, 0.717) is 12.1 Å². The van der Waals surface area contributed by atoms with Gasteiger partial charge in [0.1, 0.15) is 0 Å². The maximum atomic E-state index is 11.9. The molecule has 24 heavy (non-hydrogen) atoms. The highest BCUT2D eigenvalue weighted by atomic mass is 32.2. The van der Waals surface area contributed by atoms with Crippen molar-refractivity contribution >= 4 is 38.9 Å². The molecule has 0 unspecified atom stereocenters. The number of ether oxygens (including phenoxy) is 1. The van der Waals surface area contributed by atoms with Gasteiger partial charge in [0.15, 0.2) is 21.3 Å². The van der Waals surface area contributed by atoms with Crippen LogP contribution >= 0.6 is 11.5 Å². The number of esters is 1. The van der Waals surface area contributed by atoms with Crippen molar-refractivity contribution in [2.45, 2.75) is 18.2 Å². The van der Waals surface area contributed by atoms with Gasteiger partial charge in [0.05, 0.1) is 16.3 Å². The number of benzene rings is 1. The van der Waals surface area contributed by atoms with Gasteiger partial charge in [0.2, 0.25) is 0 Å². The summed E-state index contributed by atoms with van der Waals surface area (Å²) < 4.78 is 31.9. The van der Waals surface area contributed by atoms with Crippen molar-refractivity contribution in [3.05, 3.63) is 34.8 Å². The van der Waals surface area contributed by atoms with Crippen molar-refractivity contribution in [3.63, 3.8) is 0 Å². The minimum absolute atomic E-state index is 0.00963. The number of para-hydroxylation sites is 1. The molecular weight excluding hydrogens is 354 g/mol. The summed E-state index contributed by atoms with van der Waals surface area (Å²) >= 11 is 0.897. The summed E-state index contributed by atoms with van der Waals surface area (Å²) in [6.45, 7) is 1.28. The number of carbonyl (C=O) groups is 2. The summed E-state index contributed by atoms with van der Waals surface area (Å²) in [4.78, 5) is 24.1. The number of hydrogen-bond acceptors (Lipinski definition) is 8. The van der Waals surface area contributed by atoms with Crippen molar-refractivity contribution in [1.82, 2.24) is 9.59 Å². The lowest BCUT2D eigenvalue weighted by atomic mass is 10.3. The molecule has 0 atom stereocenters. The number of aromatic nitrogens is 2. The molecule has 1 N–H and O–H groups in total. The van der Waals surface area contributed by atoms with Crippen LogP contribution in [0.25, 0.3) is 0 Å². The minimum atomic E-state index is -3.49. The molecule has 1 aromatic heterocycles. The summed E-state index contributed by atoms with van der Waals surface area (Å²) in [6.07, 6.45) is 1.57. The fraction of sp³-hybridized carbons (Fsp3) is 0.286. The Hall–Kier alpha value is -2.33. The molecule has 1 heterocycles. The Morgan fingerprint density at radius 1 is 1.29 bits per heavy atom. The smallest absolute Gasteiger partial charge is 0.352 e. The summed E-state index contributed by atoms with van der Waals surface area (Å²) in [5.74, 6) is -1.33. The molecule has 0 fully saturated rings. The van der Waals surface area contributed by atoms with Crippen molar-refractivity contribution in [1.29, 1.82) is 0 Å². The zero-order valence-corrected chi connectivity index (χ0v) is 14.6. The molecule has 128 valence electrons. The molecule has 2 rings (SSSR count). The number of hydrogen-bond donors (Lipinski definition) is 1. The lowest BCUT2D eigenvalue weighted by Crippen LogP contribution is -2.22. The average molecular weight is 369 g/mol. The van der Waals surface area contributed by atoms with E-state index in [9.17, 15) is 18.0 Å². The topological polar surface area (TPSA) is 115 Å². The number of rotatable bonds is 6. The van der Waals surface area contributed by atoms with E-state index in [1.165, 1.54) is 12.1 Å². The normalized spacial score (nSPS) is 11.1. The molecule has 0 bridgehead atoms. The number of anilines is 1. The van der Waals surface area contributed by atoms with Gasteiger partial charge in [-0.25, -0.2) is 13.2 Å². The summed E-state index contributed by atoms with van der Waals surface area (Å²) in [7, 11) is -3.49. The fourth-order valence-corrected chi connectivity index (χ4v) is 3.36. The van der Waals surface area contributed by atoms with Crippen molar-refractivity contribution < 1.29 is 22.7 Å². The van der Waals surface area contributed by atoms with E-state index in [2.05, 4.69) is 14.9 Å². The lowest BCUT2D eigenvalue weighted by Gasteiger charge is -2.09. The third-order valence-electron chi connectivity index (χ3n) is 2.97. The Morgan fingerprint density at radius 3 is 2.67 bits per heavy atom. The molecule has 0 aliphatic heterocycles. The zero-order valence-electron chi connectivity index (χ0n) is 13.0. The number of amides is 1. The number of sulfone groups is 1. The van der Waals surface area contributed by atoms with Crippen LogP contribution in [0.4, 0.5) is 5.69 Å². The Morgan fingerprint density at radius 2 is 2.00 bits per heavy atom. The van der Waals surface area contributed by atoms with Crippen LogP contribution in [0.3, 0.4) is 0 Å². The minimum Gasteiger partial charge on any atom is -0.451 e. The monoisotopic (exact) mass is 369 g/mol. The van der Waals surface area contributed by atoms with Crippen LogP contribution in [0.5, 0.6) is 0 Å². The Kier molecular flexibility index (Phi) is 5.62. The second-order valence-corrected chi connectivity index (χ2v) is 7.53. The summed E-state index contributed by atoms with van der Waals surface area (Å²) in [5.41, 5.74) is 0.641. The third-order valence-corrected chi connectivity index (χ3v) is 4.87. The third kappa shape index (κ3) is 4.36. The van der Waals surface area contributed by atoms with Gasteiger partial charge in [-0.05, 0) is 30.1 Å². The van der Waals surface area contributed by atoms with E-state index >= 15 is 0 Å². The van der Waals surface area contributed by atoms with E-state index < -0.39 is 28.3 Å². The number of nitrogens with one attached hydrogen (secondary N) is 1. The molecule has 0 saturated carbocycles. The van der Waals surface area contributed by atoms with Crippen LogP contribution < -0.4 is 5.32 Å². The molecule has 1 amide bonds. The fourth-order valence-electron chi connectivity index (χ4n) is 1.87. The Balaban J connectivity index is 2.01. The molecule has 1 aromatic carbocycles. The van der Waals surface area contributed by atoms with Crippen LogP contribution in [-0.2, 0) is 25.8 Å². The Labute approximate surface area is 142 Å². The van der Waals surface area contributed by atoms with Gasteiger partial charge in [-0.15, -0.1) is 5.10 Å². The standard InChI is InChI=1S/C14H15N3O5S2/c1-3-9-13(23-17-16-9)14(19)22-8-12(18)15-10-6-4-5-7-11(10)24(2,20)21/h4-7H,3,8H2,1-2H3,(H,15,18). The van der Waals surface area contributed by atoms with Gasteiger partial charge in [-0.2, -0.15) is 0 Å². The first-order chi connectivity index (χ1) is 11.3. The average Bonchev–Trinajstić information content (AvgIpc) is 3.00. The molecule has 0 radical (unpaired) electrons. The van der Waals surface area contributed by atoms with E-state index in [1.54, 1.807) is 12.1 Å². The highest BCUT2D eigenvalue weighted by Crippen LogP contribution is 2.20. The van der Waals surface area contributed by atoms with Crippen LogP contribution in [-0.4, -0.2) is 42.7 Å². The van der Waals surface area contributed by atoms with Crippen LogP contribution in [0.1, 0.15) is 22.3 Å². The van der Waals surface area contributed by atoms with Crippen LogP contribution in [0, 0.1) is 0 Å².